The summed E-state index contributed by atoms with van der Waals surface area (Å²) in [6, 6.07) is 10.4. The minimum atomic E-state index is 0.437. The van der Waals surface area contributed by atoms with Crippen LogP contribution in [0.3, 0.4) is 0 Å². The maximum atomic E-state index is 5.78. The second-order valence-corrected chi connectivity index (χ2v) is 5.29. The van der Waals surface area contributed by atoms with Crippen LogP contribution in [0.5, 0.6) is 0 Å². The average molecular weight is 232 g/mol. The topological polar surface area (TPSA) is 38.9 Å². The van der Waals surface area contributed by atoms with Gasteiger partial charge in [0.2, 0.25) is 0 Å². The molecular formula is C13H16N2S. The van der Waals surface area contributed by atoms with E-state index in [4.69, 9.17) is 5.73 Å². The summed E-state index contributed by atoms with van der Waals surface area (Å²) < 4.78 is 0. The lowest BCUT2D eigenvalue weighted by Gasteiger charge is -2.04. The fraction of sp³-hybridized carbons (Fsp3) is 0.308. The normalized spacial score (nSPS) is 10.9. The second kappa shape index (κ2) is 4.66. The number of nitrogens with zero attached hydrogens (tertiary/aromatic N) is 1. The third kappa shape index (κ3) is 2.42. The van der Waals surface area contributed by atoms with Crippen molar-refractivity contribution in [1.29, 1.82) is 0 Å². The van der Waals surface area contributed by atoms with Crippen LogP contribution in [-0.2, 0) is 6.42 Å². The first kappa shape index (κ1) is 11.1. The van der Waals surface area contributed by atoms with E-state index in [1.54, 1.807) is 11.3 Å². The summed E-state index contributed by atoms with van der Waals surface area (Å²) in [6.07, 6.45) is 0.934. The number of anilines is 1. The van der Waals surface area contributed by atoms with E-state index < -0.39 is 0 Å². The summed E-state index contributed by atoms with van der Waals surface area (Å²) in [4.78, 5) is 5.69. The zero-order valence-corrected chi connectivity index (χ0v) is 10.4. The molecule has 84 valence electrons. The maximum absolute atomic E-state index is 5.78. The third-order valence-corrected chi connectivity index (χ3v) is 3.40. The van der Waals surface area contributed by atoms with E-state index in [0.717, 1.165) is 12.1 Å². The van der Waals surface area contributed by atoms with Crippen molar-refractivity contribution in [2.24, 2.45) is 0 Å². The Balaban J connectivity index is 2.28. The molecule has 2 nitrogen and oxygen atoms in total. The van der Waals surface area contributed by atoms with Crippen molar-refractivity contribution in [2.45, 2.75) is 26.2 Å². The lowest BCUT2D eigenvalue weighted by Crippen LogP contribution is -1.95. The molecule has 0 radical (unpaired) electrons. The molecule has 0 unspecified atom stereocenters. The molecule has 2 rings (SSSR count). The van der Waals surface area contributed by atoms with E-state index in [0.29, 0.717) is 11.0 Å². The van der Waals surface area contributed by atoms with Crippen molar-refractivity contribution in [3.63, 3.8) is 0 Å². The lowest BCUT2D eigenvalue weighted by atomic mass is 10.1. The third-order valence-electron chi connectivity index (χ3n) is 2.50. The van der Waals surface area contributed by atoms with Crippen LogP contribution in [-0.4, -0.2) is 4.98 Å². The summed E-state index contributed by atoms with van der Waals surface area (Å²) in [6.45, 7) is 4.31. The highest BCUT2D eigenvalue weighted by Crippen LogP contribution is 2.28. The SMILES string of the molecule is CC(C)c1nc(N)sc1Cc1ccccc1. The summed E-state index contributed by atoms with van der Waals surface area (Å²) in [7, 11) is 0. The molecule has 0 aliphatic heterocycles. The fourth-order valence-corrected chi connectivity index (χ4v) is 2.76. The quantitative estimate of drug-likeness (QED) is 0.880. The predicted molar refractivity (Wildman–Crippen MR) is 69.9 cm³/mol. The van der Waals surface area contributed by atoms with Crippen LogP contribution < -0.4 is 5.73 Å². The fourth-order valence-electron chi connectivity index (χ4n) is 1.74. The van der Waals surface area contributed by atoms with E-state index in [9.17, 15) is 0 Å². The summed E-state index contributed by atoms with van der Waals surface area (Å²) in [5.74, 6) is 0.437. The highest BCUT2D eigenvalue weighted by atomic mass is 32.1. The van der Waals surface area contributed by atoms with Gasteiger partial charge in [0.05, 0.1) is 5.69 Å². The Morgan fingerprint density at radius 2 is 1.94 bits per heavy atom. The standard InChI is InChI=1S/C13H16N2S/c1-9(2)12-11(16-13(14)15-12)8-10-6-4-3-5-7-10/h3-7,9H,8H2,1-2H3,(H2,14,15). The highest BCUT2D eigenvalue weighted by molar-refractivity contribution is 7.15. The number of rotatable bonds is 3. The van der Waals surface area contributed by atoms with Crippen LogP contribution in [0, 0.1) is 0 Å². The molecule has 0 fully saturated rings. The first-order valence-electron chi connectivity index (χ1n) is 5.46. The molecule has 0 amide bonds. The smallest absolute Gasteiger partial charge is 0.180 e. The zero-order valence-electron chi connectivity index (χ0n) is 9.60. The molecule has 0 saturated heterocycles. The van der Waals surface area contributed by atoms with Gasteiger partial charge in [-0.15, -0.1) is 11.3 Å². The number of hydrogen-bond donors (Lipinski definition) is 1. The van der Waals surface area contributed by atoms with Crippen molar-refractivity contribution < 1.29 is 0 Å². The first-order chi connectivity index (χ1) is 7.66. The van der Waals surface area contributed by atoms with Crippen LogP contribution >= 0.6 is 11.3 Å². The molecular weight excluding hydrogens is 216 g/mol. The van der Waals surface area contributed by atoms with Gasteiger partial charge in [0, 0.05) is 11.3 Å². The Labute approximate surface area is 100 Å². The molecule has 16 heavy (non-hydrogen) atoms. The van der Waals surface area contributed by atoms with Gasteiger partial charge in [0.1, 0.15) is 0 Å². The van der Waals surface area contributed by atoms with Crippen molar-refractivity contribution >= 4 is 16.5 Å². The number of thiazole rings is 1. The van der Waals surface area contributed by atoms with Crippen LogP contribution in [0.1, 0.15) is 35.9 Å². The van der Waals surface area contributed by atoms with Gasteiger partial charge in [-0.25, -0.2) is 4.98 Å². The van der Waals surface area contributed by atoms with Crippen LogP contribution in [0.2, 0.25) is 0 Å². The van der Waals surface area contributed by atoms with E-state index in [2.05, 4.69) is 43.1 Å². The Morgan fingerprint density at radius 3 is 2.56 bits per heavy atom. The average Bonchev–Trinajstić information content (AvgIpc) is 2.61. The van der Waals surface area contributed by atoms with Gasteiger partial charge in [-0.3, -0.25) is 0 Å². The molecule has 1 aromatic carbocycles. The number of nitrogen functional groups attached to an aromatic ring is 1. The molecule has 1 aromatic heterocycles. The van der Waals surface area contributed by atoms with Crippen LogP contribution in [0.4, 0.5) is 5.13 Å². The first-order valence-corrected chi connectivity index (χ1v) is 6.27. The van der Waals surface area contributed by atoms with Gasteiger partial charge in [0.25, 0.3) is 0 Å². The Bertz CT molecular complexity index is 460. The largest absolute Gasteiger partial charge is 0.375 e. The molecule has 2 aromatic rings. The van der Waals surface area contributed by atoms with Gasteiger partial charge >= 0.3 is 0 Å². The Kier molecular flexibility index (Phi) is 3.25. The molecule has 0 saturated carbocycles. The molecule has 2 N–H and O–H groups in total. The van der Waals surface area contributed by atoms with Gasteiger partial charge in [-0.05, 0) is 11.5 Å². The molecule has 0 aliphatic rings. The molecule has 1 heterocycles. The lowest BCUT2D eigenvalue weighted by molar-refractivity contribution is 0.820. The highest BCUT2D eigenvalue weighted by Gasteiger charge is 2.12. The summed E-state index contributed by atoms with van der Waals surface area (Å²) >= 11 is 1.60. The predicted octanol–water partition coefficient (Wildman–Crippen LogP) is 3.44. The summed E-state index contributed by atoms with van der Waals surface area (Å²) in [5.41, 5.74) is 8.24. The molecule has 0 atom stereocenters. The van der Waals surface area contributed by atoms with Crippen molar-refractivity contribution in [1.82, 2.24) is 4.98 Å². The molecule has 0 bridgehead atoms. The van der Waals surface area contributed by atoms with Crippen molar-refractivity contribution in [2.75, 3.05) is 5.73 Å². The number of hydrogen-bond acceptors (Lipinski definition) is 3. The minimum Gasteiger partial charge on any atom is -0.375 e. The molecule has 3 heteroatoms. The maximum Gasteiger partial charge on any atom is 0.180 e. The minimum absolute atomic E-state index is 0.437. The van der Waals surface area contributed by atoms with E-state index in [-0.39, 0.29) is 0 Å². The Hall–Kier alpha value is -1.35. The molecule has 0 aliphatic carbocycles. The van der Waals surface area contributed by atoms with Gasteiger partial charge in [0.15, 0.2) is 5.13 Å². The summed E-state index contributed by atoms with van der Waals surface area (Å²) in [5, 5.41) is 0.676. The number of aromatic nitrogens is 1. The van der Waals surface area contributed by atoms with Crippen LogP contribution in [0.25, 0.3) is 0 Å². The van der Waals surface area contributed by atoms with Gasteiger partial charge < -0.3 is 5.73 Å². The Morgan fingerprint density at radius 1 is 1.25 bits per heavy atom. The van der Waals surface area contributed by atoms with E-state index in [1.165, 1.54) is 10.4 Å². The van der Waals surface area contributed by atoms with Gasteiger partial charge in [-0.2, -0.15) is 0 Å². The van der Waals surface area contributed by atoms with Crippen LogP contribution in [0.15, 0.2) is 30.3 Å². The van der Waals surface area contributed by atoms with E-state index >= 15 is 0 Å². The van der Waals surface area contributed by atoms with E-state index in [1.807, 2.05) is 6.07 Å². The van der Waals surface area contributed by atoms with Crippen molar-refractivity contribution in [3.05, 3.63) is 46.5 Å². The zero-order chi connectivity index (χ0) is 11.5. The number of nitrogens with two attached hydrogens (primary N) is 1. The number of benzene rings is 1. The molecule has 0 spiro atoms. The van der Waals surface area contributed by atoms with Gasteiger partial charge in [-0.1, -0.05) is 44.2 Å². The monoisotopic (exact) mass is 232 g/mol. The second-order valence-electron chi connectivity index (χ2n) is 4.18. The van der Waals surface area contributed by atoms with Crippen molar-refractivity contribution in [3.8, 4) is 0 Å².